The number of pyridine rings is 1. The van der Waals surface area contributed by atoms with Crippen molar-refractivity contribution in [2.24, 2.45) is 10.4 Å². The standard InChI is InChI=1S/C12H8Cl2N2O2/c13-10(17)12(11(14)18)5-4-9(16-7-12)8-3-1-2-6-15-8/h1-4,6-7H,5H2. The van der Waals surface area contributed by atoms with E-state index in [1.807, 2.05) is 6.07 Å². The second-order valence-electron chi connectivity index (χ2n) is 3.79. The van der Waals surface area contributed by atoms with Gasteiger partial charge in [0.15, 0.2) is 5.41 Å². The average molecular weight is 283 g/mol. The Morgan fingerprint density at radius 2 is 1.94 bits per heavy atom. The minimum atomic E-state index is -1.55. The third-order valence-electron chi connectivity index (χ3n) is 2.67. The highest BCUT2D eigenvalue weighted by molar-refractivity contribution is 6.77. The third-order valence-corrected chi connectivity index (χ3v) is 3.34. The van der Waals surface area contributed by atoms with Gasteiger partial charge in [0, 0.05) is 12.4 Å². The molecule has 4 nitrogen and oxygen atoms in total. The highest BCUT2D eigenvalue weighted by Crippen LogP contribution is 2.33. The van der Waals surface area contributed by atoms with Gasteiger partial charge in [0.05, 0.1) is 11.4 Å². The highest BCUT2D eigenvalue weighted by atomic mass is 35.5. The van der Waals surface area contributed by atoms with Gasteiger partial charge in [0.1, 0.15) is 0 Å². The SMILES string of the molecule is O=C(Cl)C1(C(=O)Cl)C=NC(c2ccccn2)=CC1. The van der Waals surface area contributed by atoms with E-state index in [0.29, 0.717) is 11.4 Å². The molecule has 0 unspecified atom stereocenters. The van der Waals surface area contributed by atoms with Crippen molar-refractivity contribution in [2.75, 3.05) is 0 Å². The van der Waals surface area contributed by atoms with E-state index in [2.05, 4.69) is 9.98 Å². The number of allylic oxidation sites excluding steroid dienone is 1. The zero-order chi connectivity index (χ0) is 13.2. The van der Waals surface area contributed by atoms with Crippen LogP contribution in [-0.2, 0) is 9.59 Å². The molecule has 0 aliphatic carbocycles. The van der Waals surface area contributed by atoms with Crippen LogP contribution in [-0.4, -0.2) is 21.7 Å². The fourth-order valence-electron chi connectivity index (χ4n) is 1.57. The molecule has 1 aliphatic rings. The lowest BCUT2D eigenvalue weighted by molar-refractivity contribution is -0.126. The lowest BCUT2D eigenvalue weighted by atomic mass is 9.86. The first-order valence-electron chi connectivity index (χ1n) is 5.13. The second kappa shape index (κ2) is 5.00. The molecule has 0 radical (unpaired) electrons. The van der Waals surface area contributed by atoms with E-state index in [0.717, 1.165) is 0 Å². The predicted octanol–water partition coefficient (Wildman–Crippen LogP) is 2.41. The number of aromatic nitrogens is 1. The minimum Gasteiger partial charge on any atom is -0.280 e. The van der Waals surface area contributed by atoms with Crippen LogP contribution in [0.25, 0.3) is 5.70 Å². The van der Waals surface area contributed by atoms with Gasteiger partial charge in [-0.3, -0.25) is 19.6 Å². The zero-order valence-corrected chi connectivity index (χ0v) is 10.6. The summed E-state index contributed by atoms with van der Waals surface area (Å²) in [7, 11) is 0. The fraction of sp³-hybridized carbons (Fsp3) is 0.167. The van der Waals surface area contributed by atoms with Gasteiger partial charge >= 0.3 is 0 Å². The lowest BCUT2D eigenvalue weighted by Gasteiger charge is -2.22. The molecule has 0 amide bonds. The van der Waals surface area contributed by atoms with E-state index >= 15 is 0 Å². The summed E-state index contributed by atoms with van der Waals surface area (Å²) in [5.41, 5.74) is -0.310. The predicted molar refractivity (Wildman–Crippen MR) is 69.5 cm³/mol. The topological polar surface area (TPSA) is 59.4 Å². The number of hydrogen-bond acceptors (Lipinski definition) is 4. The monoisotopic (exact) mass is 282 g/mol. The summed E-state index contributed by atoms with van der Waals surface area (Å²) in [6, 6.07) is 5.38. The molecule has 1 aromatic rings. The second-order valence-corrected chi connectivity index (χ2v) is 4.47. The van der Waals surface area contributed by atoms with Gasteiger partial charge < -0.3 is 0 Å². The van der Waals surface area contributed by atoms with Crippen molar-refractivity contribution in [1.29, 1.82) is 0 Å². The van der Waals surface area contributed by atoms with Crippen molar-refractivity contribution >= 4 is 45.6 Å². The van der Waals surface area contributed by atoms with Crippen molar-refractivity contribution < 1.29 is 9.59 Å². The summed E-state index contributed by atoms with van der Waals surface area (Å²) in [6.45, 7) is 0. The van der Waals surface area contributed by atoms with Gasteiger partial charge in [-0.1, -0.05) is 12.1 Å². The molecule has 1 aromatic heterocycles. The van der Waals surface area contributed by atoms with Crippen LogP contribution in [0.1, 0.15) is 12.1 Å². The third kappa shape index (κ3) is 2.21. The van der Waals surface area contributed by atoms with Crippen molar-refractivity contribution in [3.63, 3.8) is 0 Å². The van der Waals surface area contributed by atoms with Gasteiger partial charge in [-0.2, -0.15) is 0 Å². The van der Waals surface area contributed by atoms with Crippen LogP contribution in [0, 0.1) is 5.41 Å². The number of rotatable bonds is 3. The van der Waals surface area contributed by atoms with Crippen LogP contribution < -0.4 is 0 Å². The summed E-state index contributed by atoms with van der Waals surface area (Å²) in [5.74, 6) is 0. The van der Waals surface area contributed by atoms with E-state index in [1.165, 1.54) is 6.21 Å². The van der Waals surface area contributed by atoms with Crippen LogP contribution in [0.3, 0.4) is 0 Å². The molecule has 0 atom stereocenters. The van der Waals surface area contributed by atoms with Crippen molar-refractivity contribution in [1.82, 2.24) is 4.98 Å². The Kier molecular flexibility index (Phi) is 3.59. The van der Waals surface area contributed by atoms with Crippen LogP contribution in [0.2, 0.25) is 0 Å². The van der Waals surface area contributed by atoms with Crippen molar-refractivity contribution in [2.45, 2.75) is 6.42 Å². The largest absolute Gasteiger partial charge is 0.280 e. The molecule has 0 saturated carbocycles. The summed E-state index contributed by atoms with van der Waals surface area (Å²) in [4.78, 5) is 30.8. The molecule has 0 bridgehead atoms. The van der Waals surface area contributed by atoms with E-state index in [1.54, 1.807) is 24.4 Å². The Bertz CT molecular complexity index is 538. The number of hydrogen-bond donors (Lipinski definition) is 0. The molecule has 92 valence electrons. The number of nitrogens with zero attached hydrogens (tertiary/aromatic N) is 2. The summed E-state index contributed by atoms with van der Waals surface area (Å²) in [6.07, 6.45) is 4.55. The van der Waals surface area contributed by atoms with Crippen LogP contribution in [0.15, 0.2) is 35.5 Å². The van der Waals surface area contributed by atoms with Crippen LogP contribution in [0.5, 0.6) is 0 Å². The Hall–Kier alpha value is -1.52. The maximum atomic E-state index is 11.3. The molecule has 18 heavy (non-hydrogen) atoms. The quantitative estimate of drug-likeness (QED) is 0.632. The Morgan fingerprint density at radius 1 is 1.22 bits per heavy atom. The molecule has 2 heterocycles. The van der Waals surface area contributed by atoms with E-state index in [-0.39, 0.29) is 6.42 Å². The number of aliphatic imine (C=N–C) groups is 1. The minimum absolute atomic E-state index is 0.0904. The number of carbonyl (C=O) groups excluding carboxylic acids is 2. The molecule has 0 aromatic carbocycles. The van der Waals surface area contributed by atoms with E-state index in [9.17, 15) is 9.59 Å². The summed E-state index contributed by atoms with van der Waals surface area (Å²) >= 11 is 10.8. The number of halogens is 2. The lowest BCUT2D eigenvalue weighted by Crippen LogP contribution is -2.36. The maximum absolute atomic E-state index is 11.3. The zero-order valence-electron chi connectivity index (χ0n) is 9.14. The maximum Gasteiger partial charge on any atom is 0.242 e. The molecule has 2 rings (SSSR count). The Balaban J connectivity index is 2.31. The molecule has 6 heteroatoms. The molecule has 0 saturated heterocycles. The molecular weight excluding hydrogens is 275 g/mol. The van der Waals surface area contributed by atoms with Crippen molar-refractivity contribution in [3.8, 4) is 0 Å². The van der Waals surface area contributed by atoms with Crippen LogP contribution in [0.4, 0.5) is 0 Å². The molecule has 1 aliphatic heterocycles. The average Bonchev–Trinajstić information content (AvgIpc) is 2.39. The summed E-state index contributed by atoms with van der Waals surface area (Å²) in [5, 5.41) is -1.66. The molecular formula is C12H8Cl2N2O2. The van der Waals surface area contributed by atoms with Crippen LogP contribution >= 0.6 is 23.2 Å². The van der Waals surface area contributed by atoms with Gasteiger partial charge in [0.2, 0.25) is 10.5 Å². The molecule has 0 spiro atoms. The van der Waals surface area contributed by atoms with Gasteiger partial charge in [-0.05, 0) is 41.8 Å². The first-order valence-corrected chi connectivity index (χ1v) is 5.88. The number of carbonyl (C=O) groups is 2. The fourth-order valence-corrected chi connectivity index (χ4v) is 2.04. The molecule has 0 fully saturated rings. The summed E-state index contributed by atoms with van der Waals surface area (Å²) < 4.78 is 0. The highest BCUT2D eigenvalue weighted by Gasteiger charge is 2.43. The smallest absolute Gasteiger partial charge is 0.242 e. The van der Waals surface area contributed by atoms with Gasteiger partial charge in [-0.15, -0.1) is 0 Å². The van der Waals surface area contributed by atoms with E-state index in [4.69, 9.17) is 23.2 Å². The first kappa shape index (κ1) is 12.9. The van der Waals surface area contributed by atoms with Gasteiger partial charge in [-0.25, -0.2) is 0 Å². The van der Waals surface area contributed by atoms with Gasteiger partial charge in [0.25, 0.3) is 0 Å². The Morgan fingerprint density at radius 3 is 2.39 bits per heavy atom. The van der Waals surface area contributed by atoms with Crippen molar-refractivity contribution in [3.05, 3.63) is 36.2 Å². The first-order chi connectivity index (χ1) is 8.56. The van der Waals surface area contributed by atoms with E-state index < -0.39 is 15.9 Å². The normalized spacial score (nSPS) is 17.1. The molecule has 0 N–H and O–H groups in total. The Labute approximate surface area is 113 Å².